The van der Waals surface area contributed by atoms with Crippen LogP contribution in [-0.4, -0.2) is 16.9 Å². The van der Waals surface area contributed by atoms with Crippen LogP contribution in [0.5, 0.6) is 0 Å². The highest BCUT2D eigenvalue weighted by Gasteiger charge is 2.02. The average Bonchev–Trinajstić information content (AvgIpc) is 2.57. The minimum atomic E-state index is 0.255. The average molecular weight is 219 g/mol. The topological polar surface area (TPSA) is 24.9 Å². The van der Waals surface area contributed by atoms with E-state index in [1.807, 2.05) is 11.6 Å². The summed E-state index contributed by atoms with van der Waals surface area (Å²) in [6.07, 6.45) is 4.05. The van der Waals surface area contributed by atoms with Gasteiger partial charge in [0, 0.05) is 30.0 Å². The van der Waals surface area contributed by atoms with Crippen LogP contribution in [0.2, 0.25) is 0 Å². The summed E-state index contributed by atoms with van der Waals surface area (Å²) in [6.45, 7) is 3.86. The monoisotopic (exact) mass is 218 g/mol. The molecule has 0 fully saturated rings. The summed E-state index contributed by atoms with van der Waals surface area (Å²) in [5.41, 5.74) is 0. The normalized spacial score (nSPS) is 13.1. The molecule has 0 spiro atoms. The van der Waals surface area contributed by atoms with Gasteiger partial charge in [-0.15, -0.1) is 22.9 Å². The molecule has 0 aliphatic rings. The molecule has 1 atom stereocenters. The molecule has 13 heavy (non-hydrogen) atoms. The van der Waals surface area contributed by atoms with Gasteiger partial charge in [0.1, 0.15) is 5.01 Å². The molecule has 0 aliphatic carbocycles. The van der Waals surface area contributed by atoms with Crippen molar-refractivity contribution in [3.05, 3.63) is 16.6 Å². The number of halogens is 1. The van der Waals surface area contributed by atoms with Crippen LogP contribution < -0.4 is 5.32 Å². The highest BCUT2D eigenvalue weighted by Crippen LogP contribution is 2.05. The molecule has 1 N–H and O–H groups in total. The fourth-order valence-corrected chi connectivity index (χ4v) is 2.00. The largest absolute Gasteiger partial charge is 0.309 e. The van der Waals surface area contributed by atoms with Crippen LogP contribution >= 0.6 is 22.9 Å². The Labute approximate surface area is 88.3 Å². The zero-order valence-electron chi connectivity index (χ0n) is 7.79. The highest BCUT2D eigenvalue weighted by atomic mass is 35.5. The van der Waals surface area contributed by atoms with Gasteiger partial charge in [0.2, 0.25) is 0 Å². The Bertz CT molecular complexity index is 213. The molecule has 1 aromatic rings. The zero-order chi connectivity index (χ0) is 9.52. The van der Waals surface area contributed by atoms with Crippen molar-refractivity contribution < 1.29 is 0 Å². The number of nitrogens with one attached hydrogen (secondary N) is 1. The third-order valence-electron chi connectivity index (χ3n) is 1.73. The van der Waals surface area contributed by atoms with Crippen molar-refractivity contribution in [1.29, 1.82) is 0 Å². The maximum absolute atomic E-state index is 6.04. The third kappa shape index (κ3) is 4.60. The van der Waals surface area contributed by atoms with Crippen molar-refractivity contribution in [1.82, 2.24) is 10.3 Å². The highest BCUT2D eigenvalue weighted by molar-refractivity contribution is 7.09. The molecule has 0 amide bonds. The second-order valence-corrected chi connectivity index (χ2v) is 4.54. The third-order valence-corrected chi connectivity index (χ3v) is 2.88. The SMILES string of the molecule is CCCC(Cl)CNCc1nccs1. The van der Waals surface area contributed by atoms with Crippen LogP contribution in [0.1, 0.15) is 24.8 Å². The van der Waals surface area contributed by atoms with Gasteiger partial charge >= 0.3 is 0 Å². The number of hydrogen-bond acceptors (Lipinski definition) is 3. The van der Waals surface area contributed by atoms with E-state index in [1.54, 1.807) is 11.3 Å². The molecule has 1 rings (SSSR count). The summed E-state index contributed by atoms with van der Waals surface area (Å²) in [5, 5.41) is 6.66. The van der Waals surface area contributed by atoms with Crippen molar-refractivity contribution in [2.75, 3.05) is 6.54 Å². The number of rotatable bonds is 6. The lowest BCUT2D eigenvalue weighted by atomic mass is 10.2. The minimum Gasteiger partial charge on any atom is -0.309 e. The lowest BCUT2D eigenvalue weighted by molar-refractivity contribution is 0.622. The van der Waals surface area contributed by atoms with Crippen molar-refractivity contribution >= 4 is 22.9 Å². The molecule has 0 saturated heterocycles. The molecule has 1 unspecified atom stereocenters. The van der Waals surface area contributed by atoms with Gasteiger partial charge in [-0.25, -0.2) is 4.98 Å². The first kappa shape index (κ1) is 11.0. The van der Waals surface area contributed by atoms with Gasteiger partial charge < -0.3 is 5.32 Å². The van der Waals surface area contributed by atoms with E-state index in [0.29, 0.717) is 0 Å². The minimum absolute atomic E-state index is 0.255. The van der Waals surface area contributed by atoms with Crippen molar-refractivity contribution in [3.63, 3.8) is 0 Å². The first-order valence-electron chi connectivity index (χ1n) is 4.56. The van der Waals surface area contributed by atoms with Gasteiger partial charge in [0.05, 0.1) is 0 Å². The Morgan fingerprint density at radius 2 is 2.54 bits per heavy atom. The molecule has 2 nitrogen and oxygen atoms in total. The smallest absolute Gasteiger partial charge is 0.106 e. The van der Waals surface area contributed by atoms with Gasteiger partial charge in [-0.2, -0.15) is 0 Å². The van der Waals surface area contributed by atoms with Crippen molar-refractivity contribution in [3.8, 4) is 0 Å². The van der Waals surface area contributed by atoms with Gasteiger partial charge in [0.15, 0.2) is 0 Å². The number of alkyl halides is 1. The van der Waals surface area contributed by atoms with Crippen LogP contribution in [0, 0.1) is 0 Å². The summed E-state index contributed by atoms with van der Waals surface area (Å²) in [6, 6.07) is 0. The summed E-state index contributed by atoms with van der Waals surface area (Å²) in [4.78, 5) is 4.17. The molecular formula is C9H15ClN2S. The number of hydrogen-bond donors (Lipinski definition) is 1. The fraction of sp³-hybridized carbons (Fsp3) is 0.667. The van der Waals surface area contributed by atoms with E-state index in [4.69, 9.17) is 11.6 Å². The molecule has 4 heteroatoms. The molecule has 0 aliphatic heterocycles. The van der Waals surface area contributed by atoms with E-state index in [2.05, 4.69) is 17.2 Å². The van der Waals surface area contributed by atoms with Crippen LogP contribution in [0.3, 0.4) is 0 Å². The van der Waals surface area contributed by atoms with Gasteiger partial charge in [-0.1, -0.05) is 13.3 Å². The molecule has 0 aromatic carbocycles. The number of thiazole rings is 1. The summed E-state index contributed by atoms with van der Waals surface area (Å²) < 4.78 is 0. The Morgan fingerprint density at radius 3 is 3.15 bits per heavy atom. The van der Waals surface area contributed by atoms with Gasteiger partial charge in [-0.3, -0.25) is 0 Å². The van der Waals surface area contributed by atoms with Crippen LogP contribution in [0.15, 0.2) is 11.6 Å². The molecule has 74 valence electrons. The van der Waals surface area contributed by atoms with E-state index < -0.39 is 0 Å². The summed E-state index contributed by atoms with van der Waals surface area (Å²) >= 11 is 7.71. The van der Waals surface area contributed by atoms with Crippen LogP contribution in [0.4, 0.5) is 0 Å². The second kappa shape index (κ2) is 6.35. The Hall–Kier alpha value is -0.120. The van der Waals surface area contributed by atoms with Gasteiger partial charge in [0.25, 0.3) is 0 Å². The molecule has 0 bridgehead atoms. The maximum atomic E-state index is 6.04. The van der Waals surface area contributed by atoms with E-state index in [9.17, 15) is 0 Å². The molecule has 0 saturated carbocycles. The predicted molar refractivity (Wildman–Crippen MR) is 58.4 cm³/mol. The Balaban J connectivity index is 2.07. The van der Waals surface area contributed by atoms with Crippen molar-refractivity contribution in [2.24, 2.45) is 0 Å². The zero-order valence-corrected chi connectivity index (χ0v) is 9.37. The molecule has 1 heterocycles. The second-order valence-electron chi connectivity index (χ2n) is 2.94. The van der Waals surface area contributed by atoms with E-state index >= 15 is 0 Å². The fourth-order valence-electron chi connectivity index (χ4n) is 1.09. The standard InChI is InChI=1S/C9H15ClN2S/c1-2-3-8(10)6-11-7-9-12-4-5-13-9/h4-5,8,11H,2-3,6-7H2,1H3. The van der Waals surface area contributed by atoms with E-state index in [1.165, 1.54) is 0 Å². The number of aromatic nitrogens is 1. The van der Waals surface area contributed by atoms with Crippen molar-refractivity contribution in [2.45, 2.75) is 31.7 Å². The molecule has 0 radical (unpaired) electrons. The maximum Gasteiger partial charge on any atom is 0.106 e. The summed E-state index contributed by atoms with van der Waals surface area (Å²) in [5.74, 6) is 0. The lowest BCUT2D eigenvalue weighted by Gasteiger charge is -2.07. The first-order valence-corrected chi connectivity index (χ1v) is 5.87. The van der Waals surface area contributed by atoms with E-state index in [0.717, 1.165) is 30.9 Å². The van der Waals surface area contributed by atoms with Crippen LogP contribution in [0.25, 0.3) is 0 Å². The predicted octanol–water partition coefficient (Wildman–Crippen LogP) is 2.64. The van der Waals surface area contributed by atoms with Gasteiger partial charge in [-0.05, 0) is 6.42 Å². The Morgan fingerprint density at radius 1 is 1.69 bits per heavy atom. The Kier molecular flexibility index (Phi) is 5.35. The van der Waals surface area contributed by atoms with E-state index in [-0.39, 0.29) is 5.38 Å². The molecular weight excluding hydrogens is 204 g/mol. The van der Waals surface area contributed by atoms with Crippen LogP contribution in [-0.2, 0) is 6.54 Å². The first-order chi connectivity index (χ1) is 6.33. The summed E-state index contributed by atoms with van der Waals surface area (Å²) in [7, 11) is 0. The molecule has 1 aromatic heterocycles. The lowest BCUT2D eigenvalue weighted by Crippen LogP contribution is -2.22. The quantitative estimate of drug-likeness (QED) is 0.743. The number of nitrogens with zero attached hydrogens (tertiary/aromatic N) is 1.